The Labute approximate surface area is 90.8 Å². The number of carbonyl (C=O) groups excluding carboxylic acids is 1. The zero-order valence-electron chi connectivity index (χ0n) is 8.80. The minimum Gasteiger partial charge on any atom is -0.465 e. The molecule has 2 heterocycles. The quantitative estimate of drug-likeness (QED) is 0.741. The fourth-order valence-electron chi connectivity index (χ4n) is 1.39. The van der Waals surface area contributed by atoms with Crippen molar-refractivity contribution in [1.29, 1.82) is 0 Å². The fraction of sp³-hybridized carbons (Fsp3) is 0.222. The third-order valence-electron chi connectivity index (χ3n) is 2.11. The molecule has 0 bridgehead atoms. The highest BCUT2D eigenvalue weighted by Crippen LogP contribution is 2.24. The van der Waals surface area contributed by atoms with Crippen LogP contribution < -0.4 is 5.73 Å². The van der Waals surface area contributed by atoms with E-state index in [2.05, 4.69) is 15.0 Å². The van der Waals surface area contributed by atoms with Crippen LogP contribution in [-0.2, 0) is 11.8 Å². The van der Waals surface area contributed by atoms with Gasteiger partial charge in [0.1, 0.15) is 11.3 Å². The molecule has 0 amide bonds. The number of nitrogens with two attached hydrogens (primary N) is 1. The molecule has 0 unspecified atom stereocenters. The van der Waals surface area contributed by atoms with Gasteiger partial charge in [0.05, 0.1) is 13.3 Å². The second kappa shape index (κ2) is 3.69. The minimum absolute atomic E-state index is 0.243. The van der Waals surface area contributed by atoms with Crippen LogP contribution in [0.3, 0.4) is 0 Å². The molecule has 84 valence electrons. The van der Waals surface area contributed by atoms with Crippen molar-refractivity contribution in [3.63, 3.8) is 0 Å². The molecule has 2 aromatic heterocycles. The normalized spacial score (nSPS) is 10.4. The van der Waals surface area contributed by atoms with Gasteiger partial charge in [-0.2, -0.15) is 5.10 Å². The van der Waals surface area contributed by atoms with Gasteiger partial charge in [-0.3, -0.25) is 4.68 Å². The molecule has 0 aliphatic carbocycles. The van der Waals surface area contributed by atoms with Crippen LogP contribution in [0.15, 0.2) is 16.8 Å². The monoisotopic (exact) mass is 222 g/mol. The maximum atomic E-state index is 11.5. The predicted molar refractivity (Wildman–Crippen MR) is 54.5 cm³/mol. The number of rotatable bonds is 2. The highest BCUT2D eigenvalue weighted by atomic mass is 16.5. The van der Waals surface area contributed by atoms with Gasteiger partial charge in [0.15, 0.2) is 11.6 Å². The molecular formula is C9H10N4O3. The average Bonchev–Trinajstić information content (AvgIpc) is 2.83. The molecule has 16 heavy (non-hydrogen) atoms. The molecule has 0 aliphatic rings. The van der Waals surface area contributed by atoms with Crippen LogP contribution >= 0.6 is 0 Å². The zero-order valence-corrected chi connectivity index (χ0v) is 8.80. The van der Waals surface area contributed by atoms with Crippen LogP contribution in [0.4, 0.5) is 5.82 Å². The lowest BCUT2D eigenvalue weighted by molar-refractivity contribution is 0.0601. The Morgan fingerprint density at radius 1 is 1.62 bits per heavy atom. The maximum Gasteiger partial charge on any atom is 0.341 e. The largest absolute Gasteiger partial charge is 0.465 e. The van der Waals surface area contributed by atoms with E-state index in [1.807, 2.05) is 0 Å². The Bertz CT molecular complexity index is 529. The molecule has 0 atom stereocenters. The van der Waals surface area contributed by atoms with Crippen molar-refractivity contribution in [1.82, 2.24) is 14.9 Å². The highest BCUT2D eigenvalue weighted by molar-refractivity contribution is 5.95. The third kappa shape index (κ3) is 1.52. The average molecular weight is 222 g/mol. The Hall–Kier alpha value is -2.31. The van der Waals surface area contributed by atoms with Crippen molar-refractivity contribution in [2.75, 3.05) is 12.8 Å². The topological polar surface area (TPSA) is 96.2 Å². The van der Waals surface area contributed by atoms with Gasteiger partial charge in [-0.15, -0.1) is 0 Å². The number of ether oxygens (including phenoxy) is 1. The number of hydrogen-bond acceptors (Lipinski definition) is 6. The molecule has 2 N–H and O–H groups in total. The summed E-state index contributed by atoms with van der Waals surface area (Å²) in [5, 5.41) is 7.51. The molecule has 0 saturated carbocycles. The van der Waals surface area contributed by atoms with Gasteiger partial charge >= 0.3 is 5.97 Å². The van der Waals surface area contributed by atoms with E-state index in [4.69, 9.17) is 10.3 Å². The summed E-state index contributed by atoms with van der Waals surface area (Å²) >= 11 is 0. The summed E-state index contributed by atoms with van der Waals surface area (Å²) in [4.78, 5) is 11.5. The highest BCUT2D eigenvalue weighted by Gasteiger charge is 2.21. The Balaban J connectivity index is 2.55. The second-order valence-electron chi connectivity index (χ2n) is 3.14. The van der Waals surface area contributed by atoms with Gasteiger partial charge in [0.2, 0.25) is 0 Å². The first-order chi connectivity index (χ1) is 7.63. The predicted octanol–water partition coefficient (Wildman–Crippen LogP) is 0.444. The van der Waals surface area contributed by atoms with Crippen molar-refractivity contribution in [3.8, 4) is 11.5 Å². The lowest BCUT2D eigenvalue weighted by Crippen LogP contribution is -2.03. The molecule has 0 radical (unpaired) electrons. The Kier molecular flexibility index (Phi) is 2.35. The van der Waals surface area contributed by atoms with E-state index in [1.54, 1.807) is 7.05 Å². The molecule has 0 saturated heterocycles. The second-order valence-corrected chi connectivity index (χ2v) is 3.14. The summed E-state index contributed by atoms with van der Waals surface area (Å²) in [6, 6.07) is 1.52. The zero-order chi connectivity index (χ0) is 11.7. The molecule has 0 spiro atoms. The number of carbonyl (C=O) groups is 1. The van der Waals surface area contributed by atoms with Crippen LogP contribution in [0.5, 0.6) is 0 Å². The molecule has 0 aliphatic heterocycles. The Morgan fingerprint density at radius 3 is 2.94 bits per heavy atom. The van der Waals surface area contributed by atoms with Crippen LogP contribution in [0.1, 0.15) is 10.4 Å². The third-order valence-corrected chi connectivity index (χ3v) is 2.11. The maximum absolute atomic E-state index is 11.5. The first kappa shape index (κ1) is 10.2. The SMILES string of the molecule is COC(=O)c1cnn(C)c1-c1cc(N)no1. The van der Waals surface area contributed by atoms with E-state index >= 15 is 0 Å². The van der Waals surface area contributed by atoms with Crippen LogP contribution in [0.25, 0.3) is 11.5 Å². The fourth-order valence-corrected chi connectivity index (χ4v) is 1.39. The molecule has 0 fully saturated rings. The number of nitrogens with zero attached hydrogens (tertiary/aromatic N) is 3. The number of aryl methyl sites for hydroxylation is 1. The van der Waals surface area contributed by atoms with Gasteiger partial charge in [0, 0.05) is 13.1 Å². The van der Waals surface area contributed by atoms with E-state index in [0.717, 1.165) is 0 Å². The summed E-state index contributed by atoms with van der Waals surface area (Å²) < 4.78 is 11.1. The standard InChI is InChI=1S/C9H10N4O3/c1-13-8(6-3-7(10)12-16-6)5(4-11-13)9(14)15-2/h3-4H,1-2H3,(H2,10,12). The molecule has 7 heteroatoms. The Morgan fingerprint density at radius 2 is 2.38 bits per heavy atom. The summed E-state index contributed by atoms with van der Waals surface area (Å²) in [7, 11) is 2.98. The van der Waals surface area contributed by atoms with Crippen LogP contribution in [-0.4, -0.2) is 28.0 Å². The molecule has 2 aromatic rings. The summed E-state index contributed by atoms with van der Waals surface area (Å²) in [6.07, 6.45) is 1.40. The molecule has 0 aromatic carbocycles. The van der Waals surface area contributed by atoms with Crippen molar-refractivity contribution < 1.29 is 14.1 Å². The van der Waals surface area contributed by atoms with Crippen molar-refractivity contribution in [2.24, 2.45) is 7.05 Å². The van der Waals surface area contributed by atoms with Gasteiger partial charge in [-0.1, -0.05) is 5.16 Å². The van der Waals surface area contributed by atoms with E-state index in [0.29, 0.717) is 17.0 Å². The molecular weight excluding hydrogens is 212 g/mol. The summed E-state index contributed by atoms with van der Waals surface area (Å²) in [6.45, 7) is 0. The van der Waals surface area contributed by atoms with Crippen molar-refractivity contribution >= 4 is 11.8 Å². The first-order valence-electron chi connectivity index (χ1n) is 4.46. The van der Waals surface area contributed by atoms with Gasteiger partial charge < -0.3 is 15.0 Å². The van der Waals surface area contributed by atoms with Gasteiger partial charge in [-0.05, 0) is 0 Å². The molecule has 2 rings (SSSR count). The van der Waals surface area contributed by atoms with E-state index in [-0.39, 0.29) is 5.82 Å². The number of hydrogen-bond donors (Lipinski definition) is 1. The van der Waals surface area contributed by atoms with E-state index in [9.17, 15) is 4.79 Å². The van der Waals surface area contributed by atoms with Gasteiger partial charge in [0.25, 0.3) is 0 Å². The van der Waals surface area contributed by atoms with E-state index < -0.39 is 5.97 Å². The summed E-state index contributed by atoms with van der Waals surface area (Å²) in [5.74, 6) is 0.128. The smallest absolute Gasteiger partial charge is 0.341 e. The number of anilines is 1. The van der Waals surface area contributed by atoms with Crippen LogP contribution in [0.2, 0.25) is 0 Å². The number of nitrogen functional groups attached to an aromatic ring is 1. The van der Waals surface area contributed by atoms with Gasteiger partial charge in [-0.25, -0.2) is 4.79 Å². The first-order valence-corrected chi connectivity index (χ1v) is 4.46. The minimum atomic E-state index is -0.488. The van der Waals surface area contributed by atoms with E-state index in [1.165, 1.54) is 24.1 Å². The summed E-state index contributed by atoms with van der Waals surface area (Å²) in [5.41, 5.74) is 6.23. The van der Waals surface area contributed by atoms with Crippen molar-refractivity contribution in [3.05, 3.63) is 17.8 Å². The lowest BCUT2D eigenvalue weighted by Gasteiger charge is -2.00. The lowest BCUT2D eigenvalue weighted by atomic mass is 10.2. The molecule has 7 nitrogen and oxygen atoms in total. The van der Waals surface area contributed by atoms with Crippen molar-refractivity contribution in [2.45, 2.75) is 0 Å². The number of esters is 1. The number of aromatic nitrogens is 3. The number of methoxy groups -OCH3 is 1. The van der Waals surface area contributed by atoms with Crippen LogP contribution in [0, 0.1) is 0 Å².